The first kappa shape index (κ1) is 29.6. The van der Waals surface area contributed by atoms with Crippen molar-refractivity contribution in [2.75, 3.05) is 18.7 Å². The Labute approximate surface area is 249 Å². The molecule has 0 spiro atoms. The first-order valence-corrected chi connectivity index (χ1v) is 16.5. The van der Waals surface area contributed by atoms with Crippen LogP contribution in [-0.4, -0.2) is 52.7 Å². The summed E-state index contributed by atoms with van der Waals surface area (Å²) in [6.45, 7) is 1.92. The zero-order valence-corrected chi connectivity index (χ0v) is 25.2. The Morgan fingerprint density at radius 3 is 2.47 bits per heavy atom. The third-order valence-electron chi connectivity index (χ3n) is 9.24. The normalized spacial score (nSPS) is 24.0. The first-order valence-electron chi connectivity index (χ1n) is 14.6. The molecule has 0 aliphatic heterocycles. The van der Waals surface area contributed by atoms with Gasteiger partial charge in [-0.25, -0.2) is 22.2 Å². The number of pyridine rings is 1. The average molecular weight is 611 g/mol. The van der Waals surface area contributed by atoms with Crippen molar-refractivity contribution in [2.24, 2.45) is 11.7 Å². The number of aromatic nitrogens is 4. The van der Waals surface area contributed by atoms with Crippen LogP contribution >= 0.6 is 0 Å². The quantitative estimate of drug-likeness (QED) is 0.282. The van der Waals surface area contributed by atoms with Gasteiger partial charge in [-0.1, -0.05) is 19.8 Å². The molecule has 4 atom stereocenters. The van der Waals surface area contributed by atoms with Crippen molar-refractivity contribution in [3.63, 3.8) is 0 Å². The van der Waals surface area contributed by atoms with E-state index in [1.54, 1.807) is 37.8 Å². The molecule has 12 heteroatoms. The van der Waals surface area contributed by atoms with Crippen molar-refractivity contribution < 1.29 is 21.9 Å². The Morgan fingerprint density at radius 1 is 1.09 bits per heavy atom. The molecular weight excluding hydrogens is 574 g/mol. The average Bonchev–Trinajstić information content (AvgIpc) is 3.60. The van der Waals surface area contributed by atoms with E-state index >= 15 is 8.78 Å². The number of hydrogen-bond donors (Lipinski definition) is 2. The minimum Gasteiger partial charge on any atom is -0.374 e. The summed E-state index contributed by atoms with van der Waals surface area (Å²) in [5, 5.41) is 7.27. The highest BCUT2D eigenvalue weighted by Crippen LogP contribution is 2.44. The van der Waals surface area contributed by atoms with Gasteiger partial charge in [-0.2, -0.15) is 9.61 Å². The van der Waals surface area contributed by atoms with Gasteiger partial charge in [0.05, 0.1) is 45.7 Å². The van der Waals surface area contributed by atoms with Gasteiger partial charge in [0.25, 0.3) is 0 Å². The fourth-order valence-corrected chi connectivity index (χ4v) is 8.98. The van der Waals surface area contributed by atoms with Crippen molar-refractivity contribution in [3.05, 3.63) is 71.7 Å². The molecule has 1 aromatic carbocycles. The van der Waals surface area contributed by atoms with E-state index in [1.165, 1.54) is 22.9 Å². The zero-order valence-electron chi connectivity index (χ0n) is 24.4. The van der Waals surface area contributed by atoms with Gasteiger partial charge < -0.3 is 15.8 Å². The summed E-state index contributed by atoms with van der Waals surface area (Å²) in [7, 11) is -1.70. The van der Waals surface area contributed by atoms with Crippen LogP contribution in [-0.2, 0) is 20.2 Å². The van der Waals surface area contributed by atoms with E-state index in [0.717, 1.165) is 31.2 Å². The number of benzene rings is 1. The lowest BCUT2D eigenvalue weighted by atomic mass is 9.76. The van der Waals surface area contributed by atoms with Crippen LogP contribution in [0.4, 0.5) is 20.4 Å². The topological polar surface area (TPSA) is 124 Å². The number of nitrogens with zero attached hydrogens (tertiary/aromatic N) is 4. The highest BCUT2D eigenvalue weighted by atomic mass is 32.2. The second kappa shape index (κ2) is 11.2. The van der Waals surface area contributed by atoms with Crippen molar-refractivity contribution >= 4 is 27.0 Å². The Morgan fingerprint density at radius 2 is 1.81 bits per heavy atom. The van der Waals surface area contributed by atoms with Crippen LogP contribution in [0.2, 0.25) is 0 Å². The van der Waals surface area contributed by atoms with Gasteiger partial charge in [0.2, 0.25) is 5.95 Å². The molecule has 2 aliphatic rings. The molecule has 2 saturated carbocycles. The van der Waals surface area contributed by atoms with Crippen LogP contribution in [0.25, 0.3) is 16.8 Å². The van der Waals surface area contributed by atoms with Crippen LogP contribution in [0.5, 0.6) is 0 Å². The van der Waals surface area contributed by atoms with Crippen LogP contribution < -0.4 is 11.1 Å². The van der Waals surface area contributed by atoms with E-state index in [4.69, 9.17) is 10.5 Å². The number of rotatable bonds is 7. The molecule has 0 radical (unpaired) electrons. The number of sulfone groups is 1. The van der Waals surface area contributed by atoms with Crippen molar-refractivity contribution in [1.82, 2.24) is 19.6 Å². The SMILES string of the molecule is COC1(c2cc(F)c(-c3ccc4cnc(Nc5cnccc5C5CC(C)C(S(C)(=O)=O)C(N)C5)n4n3)c(F)c2)CCCC1. The van der Waals surface area contributed by atoms with Gasteiger partial charge in [-0.3, -0.25) is 4.98 Å². The molecule has 0 amide bonds. The number of nitrogens with two attached hydrogens (primary N) is 1. The third kappa shape index (κ3) is 5.40. The molecule has 3 aromatic heterocycles. The molecular formula is C31H36F2N6O3S. The van der Waals surface area contributed by atoms with Gasteiger partial charge in [0, 0.05) is 25.6 Å². The fraction of sp³-hybridized carbons (Fsp3) is 0.452. The molecule has 228 valence electrons. The molecule has 9 nitrogen and oxygen atoms in total. The van der Waals surface area contributed by atoms with E-state index in [-0.39, 0.29) is 23.1 Å². The molecule has 6 rings (SSSR count). The van der Waals surface area contributed by atoms with Crippen molar-refractivity contribution in [2.45, 2.75) is 68.3 Å². The second-order valence-electron chi connectivity index (χ2n) is 12.0. The Balaban J connectivity index is 1.32. The number of fused-ring (bicyclic) bond motifs is 1. The number of methoxy groups -OCH3 is 1. The van der Waals surface area contributed by atoms with Gasteiger partial charge in [-0.15, -0.1) is 0 Å². The maximum atomic E-state index is 15.5. The molecule has 0 bridgehead atoms. The molecule has 2 fully saturated rings. The largest absolute Gasteiger partial charge is 0.374 e. The van der Waals surface area contributed by atoms with E-state index in [9.17, 15) is 8.42 Å². The smallest absolute Gasteiger partial charge is 0.229 e. The van der Waals surface area contributed by atoms with Crippen LogP contribution in [0.3, 0.4) is 0 Å². The number of hydrogen-bond acceptors (Lipinski definition) is 8. The molecule has 0 saturated heterocycles. The lowest BCUT2D eigenvalue weighted by Gasteiger charge is -2.38. The molecule has 4 unspecified atom stereocenters. The van der Waals surface area contributed by atoms with Crippen molar-refractivity contribution in [3.8, 4) is 11.3 Å². The summed E-state index contributed by atoms with van der Waals surface area (Å²) < 4.78 is 63.0. The predicted octanol–water partition coefficient (Wildman–Crippen LogP) is 5.48. The summed E-state index contributed by atoms with van der Waals surface area (Å²) in [5.74, 6) is -1.19. The van der Waals surface area contributed by atoms with E-state index in [1.807, 2.05) is 13.0 Å². The number of imidazole rings is 1. The number of ether oxygens (including phenoxy) is 1. The summed E-state index contributed by atoms with van der Waals surface area (Å²) in [6, 6.07) is 7.40. The molecule has 2 aliphatic carbocycles. The lowest BCUT2D eigenvalue weighted by molar-refractivity contribution is -0.00914. The Hall–Kier alpha value is -3.48. The minimum absolute atomic E-state index is 0.000198. The summed E-state index contributed by atoms with van der Waals surface area (Å²) >= 11 is 0. The van der Waals surface area contributed by atoms with E-state index in [0.29, 0.717) is 35.6 Å². The van der Waals surface area contributed by atoms with Crippen LogP contribution in [0.1, 0.15) is 62.5 Å². The van der Waals surface area contributed by atoms with Gasteiger partial charge in [0.1, 0.15) is 11.6 Å². The Kier molecular flexibility index (Phi) is 7.72. The number of halogens is 2. The zero-order chi connectivity index (χ0) is 30.5. The Bertz CT molecular complexity index is 1740. The monoisotopic (exact) mass is 610 g/mol. The number of anilines is 2. The highest BCUT2D eigenvalue weighted by Gasteiger charge is 2.41. The summed E-state index contributed by atoms with van der Waals surface area (Å²) in [6.07, 6.45) is 10.7. The van der Waals surface area contributed by atoms with Crippen LogP contribution in [0, 0.1) is 17.6 Å². The highest BCUT2D eigenvalue weighted by molar-refractivity contribution is 7.91. The maximum absolute atomic E-state index is 15.5. The summed E-state index contributed by atoms with van der Waals surface area (Å²) in [5.41, 5.74) is 8.36. The summed E-state index contributed by atoms with van der Waals surface area (Å²) in [4.78, 5) is 8.75. The first-order chi connectivity index (χ1) is 20.5. The standard InChI is InChI=1S/C31H36F2N6O3S/c1-18-12-19(13-25(34)29(18)43(3,40)41)22-8-11-35-17-27(22)37-30-36-16-21-6-7-26(38-39(21)30)28-23(32)14-20(15-24(28)33)31(42-2)9-4-5-10-31/h6-8,11,14-19,25,29H,4-5,9-10,12-13,34H2,1-3H3,(H,36,37). The maximum Gasteiger partial charge on any atom is 0.229 e. The fourth-order valence-electron chi connectivity index (χ4n) is 7.28. The lowest BCUT2D eigenvalue weighted by Crippen LogP contribution is -2.48. The minimum atomic E-state index is -3.28. The molecule has 43 heavy (non-hydrogen) atoms. The predicted molar refractivity (Wildman–Crippen MR) is 161 cm³/mol. The van der Waals surface area contributed by atoms with E-state index in [2.05, 4.69) is 20.4 Å². The van der Waals surface area contributed by atoms with Gasteiger partial charge in [-0.05, 0) is 79.0 Å². The van der Waals surface area contributed by atoms with E-state index < -0.39 is 38.4 Å². The molecule has 4 aromatic rings. The second-order valence-corrected chi connectivity index (χ2v) is 14.3. The van der Waals surface area contributed by atoms with Crippen LogP contribution in [0.15, 0.2) is 48.9 Å². The third-order valence-corrected chi connectivity index (χ3v) is 11.0. The van der Waals surface area contributed by atoms with Gasteiger partial charge >= 0.3 is 0 Å². The molecule has 3 N–H and O–H groups in total. The number of nitrogens with one attached hydrogen (secondary N) is 1. The van der Waals surface area contributed by atoms with Crippen molar-refractivity contribution in [1.29, 1.82) is 0 Å². The molecule has 3 heterocycles. The van der Waals surface area contributed by atoms with Gasteiger partial charge in [0.15, 0.2) is 9.84 Å².